The molecule has 0 aliphatic carbocycles. The van der Waals surface area contributed by atoms with Crippen LogP contribution in [0.2, 0.25) is 0 Å². The normalized spacial score (nSPS) is 21.2. The Hall–Kier alpha value is -3.11. The summed E-state index contributed by atoms with van der Waals surface area (Å²) in [5.41, 5.74) is 3.40. The van der Waals surface area contributed by atoms with Gasteiger partial charge in [-0.15, -0.1) is 0 Å². The third kappa shape index (κ3) is 4.48. The summed E-state index contributed by atoms with van der Waals surface area (Å²) < 4.78 is 23.4. The molecule has 1 aromatic carbocycles. The predicted molar refractivity (Wildman–Crippen MR) is 135 cm³/mol. The van der Waals surface area contributed by atoms with E-state index in [2.05, 4.69) is 24.8 Å². The van der Waals surface area contributed by atoms with Crippen molar-refractivity contribution in [2.75, 3.05) is 19.6 Å². The third-order valence-corrected chi connectivity index (χ3v) is 6.94. The summed E-state index contributed by atoms with van der Waals surface area (Å²) in [6.07, 6.45) is 7.32. The van der Waals surface area contributed by atoms with Gasteiger partial charge in [0, 0.05) is 30.6 Å². The molecule has 2 bridgehead atoms. The van der Waals surface area contributed by atoms with Gasteiger partial charge in [0.05, 0.1) is 17.8 Å². The molecule has 3 saturated heterocycles. The number of halogens is 1. The molecule has 0 saturated carbocycles. The van der Waals surface area contributed by atoms with E-state index < -0.39 is 0 Å². The zero-order valence-electron chi connectivity index (χ0n) is 19.8. The fourth-order valence-corrected chi connectivity index (χ4v) is 5.18. The Balaban J connectivity index is 0.00000253. The number of nitrogens with zero attached hydrogens (tertiary/aromatic N) is 7. The lowest BCUT2D eigenvalue weighted by atomic mass is 9.86. The fourth-order valence-electron chi connectivity index (χ4n) is 5.18. The van der Waals surface area contributed by atoms with E-state index in [0.717, 1.165) is 43.7 Å². The van der Waals surface area contributed by atoms with Crippen LogP contribution >= 0.6 is 13.5 Å². The minimum Gasteiger partial charge on any atom is -0.489 e. The Kier molecular flexibility index (Phi) is 6.41. The van der Waals surface area contributed by atoms with E-state index in [9.17, 15) is 0 Å². The van der Waals surface area contributed by atoms with Crippen LogP contribution in [0.25, 0.3) is 22.6 Å². The van der Waals surface area contributed by atoms with Crippen LogP contribution in [0.1, 0.15) is 29.9 Å². The average molecular weight is 494 g/mol. The Morgan fingerprint density at radius 2 is 1.83 bits per heavy atom. The van der Waals surface area contributed by atoms with Crippen molar-refractivity contribution in [1.82, 2.24) is 34.4 Å². The number of fused-ring (bicyclic) bond motifs is 4. The monoisotopic (exact) mass is 493 g/mol. The number of imidazole rings is 1. The zero-order valence-corrected chi connectivity index (χ0v) is 20.8. The Bertz CT molecular complexity index is 1360. The summed E-state index contributed by atoms with van der Waals surface area (Å²) in [6.45, 7) is 7.23. The van der Waals surface area contributed by atoms with Crippen LogP contribution in [0.4, 0.5) is 4.39 Å². The van der Waals surface area contributed by atoms with Crippen LogP contribution < -0.4 is 4.74 Å². The van der Waals surface area contributed by atoms with Crippen molar-refractivity contribution in [2.45, 2.75) is 39.3 Å². The first kappa shape index (κ1) is 23.6. The topological polar surface area (TPSA) is 81.8 Å². The van der Waals surface area contributed by atoms with Crippen molar-refractivity contribution >= 4 is 24.7 Å². The first-order chi connectivity index (χ1) is 16.5. The minimum absolute atomic E-state index is 0. The Morgan fingerprint density at radius 3 is 2.51 bits per heavy atom. The average Bonchev–Trinajstić information content (AvgIpc) is 3.21. The van der Waals surface area contributed by atoms with Crippen molar-refractivity contribution in [3.8, 4) is 17.1 Å². The standard InChI is InChI=1S/C25H26FN7O.H2S/c1-15-23-25(30-16(2)29-15)33(24(31-23)19-10-27-14-28-11-19)12-18-3-4-20(9-21(18)26)34-22-13-32-7-5-17(22)6-8-32;/h3-4,9-11,14,17,22H,5-8,12-13H2,1-2H3;1H2. The predicted octanol–water partition coefficient (Wildman–Crippen LogP) is 3.67. The number of benzene rings is 1. The number of hydrogen-bond donors (Lipinski definition) is 0. The van der Waals surface area contributed by atoms with Crippen LogP contribution in [0, 0.1) is 25.6 Å². The maximum Gasteiger partial charge on any atom is 0.164 e. The van der Waals surface area contributed by atoms with E-state index >= 15 is 4.39 Å². The summed E-state index contributed by atoms with van der Waals surface area (Å²) in [6, 6.07) is 5.17. The highest BCUT2D eigenvalue weighted by molar-refractivity contribution is 7.59. The first-order valence-electron chi connectivity index (χ1n) is 11.7. The summed E-state index contributed by atoms with van der Waals surface area (Å²) >= 11 is 0. The summed E-state index contributed by atoms with van der Waals surface area (Å²) in [5, 5.41) is 0. The minimum atomic E-state index is -0.307. The lowest BCUT2D eigenvalue weighted by Gasteiger charge is -2.44. The maximum absolute atomic E-state index is 15.3. The highest BCUT2D eigenvalue weighted by atomic mass is 32.1. The zero-order chi connectivity index (χ0) is 23.2. The molecule has 10 heteroatoms. The molecule has 0 radical (unpaired) electrons. The quantitative estimate of drug-likeness (QED) is 0.420. The summed E-state index contributed by atoms with van der Waals surface area (Å²) in [4.78, 5) is 24.5. The van der Waals surface area contributed by atoms with Crippen LogP contribution in [0.3, 0.4) is 0 Å². The number of aromatic nitrogens is 6. The van der Waals surface area contributed by atoms with E-state index in [1.807, 2.05) is 24.5 Å². The largest absolute Gasteiger partial charge is 0.489 e. The van der Waals surface area contributed by atoms with E-state index in [-0.39, 0.29) is 32.0 Å². The van der Waals surface area contributed by atoms with Gasteiger partial charge in [-0.2, -0.15) is 13.5 Å². The van der Waals surface area contributed by atoms with Gasteiger partial charge in [0.25, 0.3) is 0 Å². The number of piperidine rings is 3. The van der Waals surface area contributed by atoms with Crippen LogP contribution in [-0.2, 0) is 6.54 Å². The number of ether oxygens (including phenoxy) is 1. The second-order valence-corrected chi connectivity index (χ2v) is 9.22. The molecule has 3 aliphatic rings. The number of aryl methyl sites for hydroxylation is 2. The molecule has 3 aliphatic heterocycles. The molecular weight excluding hydrogens is 465 g/mol. The fraction of sp³-hybridized carbons (Fsp3) is 0.400. The molecule has 4 aromatic rings. The van der Waals surface area contributed by atoms with Gasteiger partial charge in [0.15, 0.2) is 5.65 Å². The van der Waals surface area contributed by atoms with E-state index in [1.54, 1.807) is 18.5 Å². The van der Waals surface area contributed by atoms with Gasteiger partial charge in [0.2, 0.25) is 0 Å². The smallest absolute Gasteiger partial charge is 0.164 e. The van der Waals surface area contributed by atoms with Crippen molar-refractivity contribution in [1.29, 1.82) is 0 Å². The van der Waals surface area contributed by atoms with Gasteiger partial charge in [-0.3, -0.25) is 4.90 Å². The third-order valence-electron chi connectivity index (χ3n) is 6.94. The molecule has 0 N–H and O–H groups in total. The molecule has 1 atom stereocenters. The number of rotatable bonds is 5. The molecule has 3 aromatic heterocycles. The van der Waals surface area contributed by atoms with Crippen LogP contribution in [0.5, 0.6) is 5.75 Å². The SMILES string of the molecule is Cc1nc(C)c2nc(-c3cncnc3)n(Cc3ccc(OC4CN5CCC4CC5)cc3F)c2n1.S. The van der Waals surface area contributed by atoms with Gasteiger partial charge < -0.3 is 9.30 Å². The van der Waals surface area contributed by atoms with Gasteiger partial charge in [0.1, 0.15) is 41.2 Å². The van der Waals surface area contributed by atoms with Gasteiger partial charge in [-0.25, -0.2) is 29.3 Å². The molecule has 3 fully saturated rings. The molecule has 0 spiro atoms. The second kappa shape index (κ2) is 9.50. The second-order valence-electron chi connectivity index (χ2n) is 9.22. The molecular formula is C25H28FN7OS. The summed E-state index contributed by atoms with van der Waals surface area (Å²) in [5.74, 6) is 2.11. The van der Waals surface area contributed by atoms with Gasteiger partial charge in [-0.05, 0) is 51.8 Å². The Morgan fingerprint density at radius 1 is 1.06 bits per heavy atom. The Labute approximate surface area is 210 Å². The van der Waals surface area contributed by atoms with E-state index in [1.165, 1.54) is 12.4 Å². The lowest BCUT2D eigenvalue weighted by molar-refractivity contribution is -0.00789. The molecule has 35 heavy (non-hydrogen) atoms. The van der Waals surface area contributed by atoms with Crippen LogP contribution in [-0.4, -0.2) is 60.1 Å². The van der Waals surface area contributed by atoms with Crippen molar-refractivity contribution in [3.05, 3.63) is 59.8 Å². The molecule has 6 heterocycles. The highest BCUT2D eigenvalue weighted by Crippen LogP contribution is 2.32. The molecule has 182 valence electrons. The molecule has 7 rings (SSSR count). The summed E-state index contributed by atoms with van der Waals surface area (Å²) in [7, 11) is 0. The molecule has 1 unspecified atom stereocenters. The molecule has 8 nitrogen and oxygen atoms in total. The maximum atomic E-state index is 15.3. The van der Waals surface area contributed by atoms with E-state index in [0.29, 0.717) is 40.0 Å². The van der Waals surface area contributed by atoms with E-state index in [4.69, 9.17) is 9.72 Å². The first-order valence-corrected chi connectivity index (χ1v) is 11.7. The number of hydrogen-bond acceptors (Lipinski definition) is 7. The van der Waals surface area contributed by atoms with Crippen LogP contribution in [0.15, 0.2) is 36.9 Å². The van der Waals surface area contributed by atoms with Gasteiger partial charge in [-0.1, -0.05) is 6.07 Å². The highest BCUT2D eigenvalue weighted by Gasteiger charge is 2.35. The lowest BCUT2D eigenvalue weighted by Crippen LogP contribution is -2.52. The van der Waals surface area contributed by atoms with Gasteiger partial charge >= 0.3 is 0 Å². The molecule has 0 amide bonds. The van der Waals surface area contributed by atoms with Crippen molar-refractivity contribution < 1.29 is 9.13 Å². The van der Waals surface area contributed by atoms with Crippen molar-refractivity contribution in [2.24, 2.45) is 5.92 Å². The van der Waals surface area contributed by atoms with Crippen molar-refractivity contribution in [3.63, 3.8) is 0 Å².